The molecule has 0 unspecified atom stereocenters. The number of carbonyl (C=O) groups is 1. The fourth-order valence-corrected chi connectivity index (χ4v) is 1.95. The zero-order valence-corrected chi connectivity index (χ0v) is 12.2. The van der Waals surface area contributed by atoms with Gasteiger partial charge in [-0.1, -0.05) is 26.1 Å². The van der Waals surface area contributed by atoms with Gasteiger partial charge in [0, 0.05) is 13.7 Å². The van der Waals surface area contributed by atoms with Crippen LogP contribution in [0.3, 0.4) is 0 Å². The molecule has 0 atom stereocenters. The molecule has 1 amide bonds. The van der Waals surface area contributed by atoms with E-state index < -0.39 is 5.41 Å². The highest BCUT2D eigenvalue weighted by molar-refractivity contribution is 7.80. The summed E-state index contributed by atoms with van der Waals surface area (Å²) in [4.78, 5) is 12.5. The summed E-state index contributed by atoms with van der Waals surface area (Å²) in [6.07, 6.45) is 1.22. The monoisotopic (exact) mass is 260 g/mol. The summed E-state index contributed by atoms with van der Waals surface area (Å²) in [5, 5.41) is 2.87. The van der Waals surface area contributed by atoms with Gasteiger partial charge in [-0.25, -0.2) is 0 Å². The molecule has 0 aliphatic heterocycles. The lowest BCUT2D eigenvalue weighted by Crippen LogP contribution is -2.51. The van der Waals surface area contributed by atoms with Crippen molar-refractivity contribution in [2.24, 2.45) is 11.1 Å². The van der Waals surface area contributed by atoms with E-state index in [2.05, 4.69) is 5.32 Å². The van der Waals surface area contributed by atoms with Crippen molar-refractivity contribution >= 4 is 23.1 Å². The van der Waals surface area contributed by atoms with Gasteiger partial charge in [0.25, 0.3) is 0 Å². The Morgan fingerprint density at radius 1 is 1.35 bits per heavy atom. The van der Waals surface area contributed by atoms with Gasteiger partial charge in [-0.05, 0) is 26.7 Å². The summed E-state index contributed by atoms with van der Waals surface area (Å²) in [6, 6.07) is 0. The molecule has 0 spiro atoms. The maximum absolute atomic E-state index is 12.2. The van der Waals surface area contributed by atoms with Crippen molar-refractivity contribution in [1.82, 2.24) is 5.32 Å². The standard InChI is InChI=1S/C12H24N2O2S/c1-6-12(7-2,9(13)17)10(15)14-8-11(3,4)16-5/h6-8H2,1-5H3,(H2,13,17)(H,14,15). The Morgan fingerprint density at radius 3 is 2.12 bits per heavy atom. The molecule has 0 aromatic heterocycles. The first kappa shape index (κ1) is 16.3. The van der Waals surface area contributed by atoms with E-state index in [-0.39, 0.29) is 16.5 Å². The molecule has 3 N–H and O–H groups in total. The first-order valence-electron chi connectivity index (χ1n) is 5.89. The minimum Gasteiger partial charge on any atom is -0.392 e. The fraction of sp³-hybridized carbons (Fsp3) is 0.833. The van der Waals surface area contributed by atoms with Crippen LogP contribution in [0.5, 0.6) is 0 Å². The number of nitrogens with two attached hydrogens (primary N) is 1. The molecule has 0 fully saturated rings. The normalized spacial score (nSPS) is 12.3. The highest BCUT2D eigenvalue weighted by Crippen LogP contribution is 2.27. The molecule has 4 nitrogen and oxygen atoms in total. The molecule has 0 bridgehead atoms. The van der Waals surface area contributed by atoms with E-state index in [9.17, 15) is 4.79 Å². The molecule has 0 aliphatic rings. The number of hydrogen-bond acceptors (Lipinski definition) is 3. The average Bonchev–Trinajstić information content (AvgIpc) is 2.28. The smallest absolute Gasteiger partial charge is 0.233 e. The van der Waals surface area contributed by atoms with Crippen molar-refractivity contribution in [1.29, 1.82) is 0 Å². The van der Waals surface area contributed by atoms with Gasteiger partial charge in [0.1, 0.15) is 0 Å². The lowest BCUT2D eigenvalue weighted by molar-refractivity contribution is -0.129. The van der Waals surface area contributed by atoms with Crippen LogP contribution in [-0.4, -0.2) is 30.2 Å². The number of hydrogen-bond donors (Lipinski definition) is 2. The van der Waals surface area contributed by atoms with Gasteiger partial charge in [0.05, 0.1) is 16.0 Å². The predicted octanol–water partition coefficient (Wildman–Crippen LogP) is 1.62. The lowest BCUT2D eigenvalue weighted by Gasteiger charge is -2.31. The Hall–Kier alpha value is -0.680. The SMILES string of the molecule is CCC(CC)(C(=O)NCC(C)(C)OC)C(N)=S. The molecule has 0 saturated heterocycles. The zero-order chi connectivity index (χ0) is 13.7. The molecule has 0 rings (SSSR count). The summed E-state index contributed by atoms with van der Waals surface area (Å²) in [7, 11) is 1.62. The first-order valence-corrected chi connectivity index (χ1v) is 6.30. The second kappa shape index (κ2) is 6.31. The van der Waals surface area contributed by atoms with Crippen LogP contribution in [0, 0.1) is 5.41 Å². The molecule has 5 heteroatoms. The van der Waals surface area contributed by atoms with E-state index in [4.69, 9.17) is 22.7 Å². The third kappa shape index (κ3) is 3.92. The number of methoxy groups -OCH3 is 1. The average molecular weight is 260 g/mol. The topological polar surface area (TPSA) is 64.3 Å². The van der Waals surface area contributed by atoms with E-state index in [1.54, 1.807) is 7.11 Å². The van der Waals surface area contributed by atoms with Crippen molar-refractivity contribution in [3.05, 3.63) is 0 Å². The number of nitrogens with one attached hydrogen (secondary N) is 1. The van der Waals surface area contributed by atoms with E-state index in [0.29, 0.717) is 19.4 Å². The van der Waals surface area contributed by atoms with Crippen LogP contribution in [0.25, 0.3) is 0 Å². The molecular weight excluding hydrogens is 236 g/mol. The molecule has 0 saturated carbocycles. The third-order valence-electron chi connectivity index (χ3n) is 3.34. The minimum absolute atomic E-state index is 0.111. The van der Waals surface area contributed by atoms with Crippen molar-refractivity contribution in [2.45, 2.75) is 46.1 Å². The van der Waals surface area contributed by atoms with Gasteiger partial charge in [0.15, 0.2) is 0 Å². The van der Waals surface area contributed by atoms with E-state index >= 15 is 0 Å². The number of amides is 1. The molecule has 17 heavy (non-hydrogen) atoms. The summed E-state index contributed by atoms with van der Waals surface area (Å²) >= 11 is 5.03. The Labute approximate surface area is 109 Å². The summed E-state index contributed by atoms with van der Waals surface area (Å²) < 4.78 is 5.25. The number of rotatable bonds is 7. The van der Waals surface area contributed by atoms with Gasteiger partial charge in [-0.3, -0.25) is 4.79 Å². The molecule has 0 aromatic carbocycles. The van der Waals surface area contributed by atoms with Crippen molar-refractivity contribution in [2.75, 3.05) is 13.7 Å². The van der Waals surface area contributed by atoms with E-state index in [1.807, 2.05) is 27.7 Å². The Bertz CT molecular complexity index is 286. The first-order chi connectivity index (χ1) is 7.75. The van der Waals surface area contributed by atoms with Gasteiger partial charge in [-0.2, -0.15) is 0 Å². The van der Waals surface area contributed by atoms with E-state index in [1.165, 1.54) is 0 Å². The van der Waals surface area contributed by atoms with E-state index in [0.717, 1.165) is 0 Å². The van der Waals surface area contributed by atoms with Crippen LogP contribution < -0.4 is 11.1 Å². The van der Waals surface area contributed by atoms with Crippen molar-refractivity contribution < 1.29 is 9.53 Å². The van der Waals surface area contributed by atoms with Crippen molar-refractivity contribution in [3.63, 3.8) is 0 Å². The predicted molar refractivity (Wildman–Crippen MR) is 73.9 cm³/mol. The molecule has 0 aliphatic carbocycles. The minimum atomic E-state index is -0.737. The fourth-order valence-electron chi connectivity index (χ4n) is 1.57. The third-order valence-corrected chi connectivity index (χ3v) is 3.73. The number of carbonyl (C=O) groups excluding carboxylic acids is 1. The van der Waals surface area contributed by atoms with Gasteiger partial charge in [0.2, 0.25) is 5.91 Å². The number of ether oxygens (including phenoxy) is 1. The number of thiocarbonyl (C=S) groups is 1. The Kier molecular flexibility index (Phi) is 6.05. The molecule has 0 heterocycles. The lowest BCUT2D eigenvalue weighted by atomic mass is 9.81. The van der Waals surface area contributed by atoms with Gasteiger partial charge >= 0.3 is 0 Å². The largest absolute Gasteiger partial charge is 0.392 e. The summed E-state index contributed by atoms with van der Waals surface area (Å²) in [5.41, 5.74) is 4.58. The zero-order valence-electron chi connectivity index (χ0n) is 11.4. The Balaban J connectivity index is 4.72. The Morgan fingerprint density at radius 2 is 1.82 bits per heavy atom. The molecule has 0 aromatic rings. The van der Waals surface area contributed by atoms with Gasteiger partial charge in [-0.15, -0.1) is 0 Å². The summed E-state index contributed by atoms with van der Waals surface area (Å²) in [6.45, 7) is 8.10. The van der Waals surface area contributed by atoms with Crippen LogP contribution in [0.15, 0.2) is 0 Å². The van der Waals surface area contributed by atoms with Crippen LogP contribution >= 0.6 is 12.2 Å². The van der Waals surface area contributed by atoms with Crippen molar-refractivity contribution in [3.8, 4) is 0 Å². The van der Waals surface area contributed by atoms with Gasteiger partial charge < -0.3 is 15.8 Å². The summed E-state index contributed by atoms with van der Waals surface area (Å²) in [5.74, 6) is -0.111. The second-order valence-electron chi connectivity index (χ2n) is 4.80. The molecular formula is C12H24N2O2S. The quantitative estimate of drug-likeness (QED) is 0.683. The highest BCUT2D eigenvalue weighted by atomic mass is 32.1. The van der Waals surface area contributed by atoms with Crippen LogP contribution in [-0.2, 0) is 9.53 Å². The van der Waals surface area contributed by atoms with Crippen LogP contribution in [0.1, 0.15) is 40.5 Å². The van der Waals surface area contributed by atoms with Crippen LogP contribution in [0.2, 0.25) is 0 Å². The highest BCUT2D eigenvalue weighted by Gasteiger charge is 2.38. The maximum Gasteiger partial charge on any atom is 0.233 e. The van der Waals surface area contributed by atoms with Crippen LogP contribution in [0.4, 0.5) is 0 Å². The molecule has 100 valence electrons. The maximum atomic E-state index is 12.2. The molecule has 0 radical (unpaired) electrons. The second-order valence-corrected chi connectivity index (χ2v) is 5.24.